The Morgan fingerprint density at radius 3 is 2.46 bits per heavy atom. The molecule has 1 aliphatic heterocycles. The van der Waals surface area contributed by atoms with Crippen LogP contribution in [0.25, 0.3) is 11.2 Å². The lowest BCUT2D eigenvalue weighted by Gasteiger charge is -2.37. The van der Waals surface area contributed by atoms with Gasteiger partial charge < -0.3 is 9.14 Å². The molecule has 1 fully saturated rings. The van der Waals surface area contributed by atoms with Gasteiger partial charge in [-0.05, 0) is 84.0 Å². The molecule has 0 saturated carbocycles. The van der Waals surface area contributed by atoms with E-state index in [4.69, 9.17) is 9.72 Å². The minimum atomic E-state index is -0.217. The predicted molar refractivity (Wildman–Crippen MR) is 172 cm³/mol. The number of pyridine rings is 1. The molecule has 41 heavy (non-hydrogen) atoms. The van der Waals surface area contributed by atoms with Gasteiger partial charge in [0.25, 0.3) is 0 Å². The van der Waals surface area contributed by atoms with Crippen LogP contribution in [0.15, 0.2) is 48.3 Å². The van der Waals surface area contributed by atoms with Gasteiger partial charge in [0.1, 0.15) is 11.4 Å². The fourth-order valence-corrected chi connectivity index (χ4v) is 6.36. The van der Waals surface area contributed by atoms with Crippen molar-refractivity contribution in [2.24, 2.45) is 17.8 Å². The molecule has 3 aromatic rings. The molecular weight excluding hydrogens is 509 g/mol. The Labute approximate surface area is 249 Å². The molecule has 1 unspecified atom stereocenters. The summed E-state index contributed by atoms with van der Waals surface area (Å²) in [5, 5.41) is 0. The van der Waals surface area contributed by atoms with Crippen molar-refractivity contribution in [1.29, 1.82) is 0 Å². The topological polar surface area (TPSA) is 29.8 Å². The van der Waals surface area contributed by atoms with Gasteiger partial charge >= 0.3 is 0 Å². The van der Waals surface area contributed by atoms with E-state index in [0.717, 1.165) is 49.6 Å². The summed E-state index contributed by atoms with van der Waals surface area (Å²) in [6.45, 7) is 17.3. The molecule has 226 valence electrons. The molecule has 0 amide bonds. The van der Waals surface area contributed by atoms with Crippen molar-refractivity contribution in [3.8, 4) is 5.75 Å². The minimum absolute atomic E-state index is 0.199. The van der Waals surface area contributed by atoms with Gasteiger partial charge in [0.2, 0.25) is 0 Å². The highest BCUT2D eigenvalue weighted by Gasteiger charge is 2.28. The Morgan fingerprint density at radius 1 is 1.05 bits per heavy atom. The van der Waals surface area contributed by atoms with Crippen LogP contribution in [0.1, 0.15) is 103 Å². The number of methoxy groups -OCH3 is 1. The quantitative estimate of drug-likeness (QED) is 0.246. The van der Waals surface area contributed by atoms with Crippen molar-refractivity contribution in [2.75, 3.05) is 26.9 Å². The van der Waals surface area contributed by atoms with Gasteiger partial charge in [-0.2, -0.15) is 0 Å². The van der Waals surface area contributed by atoms with E-state index in [2.05, 4.69) is 72.8 Å². The average molecular weight is 564 g/mol. The molecule has 3 heterocycles. The standard InChI is InChI=1S/C32H42FN3O.2C2H6/c1-5-6-9-28(22(2)3)30-10-7-8-24-15-27(37-4)11-12-29(24)32(30)25-13-14-36-21-26(34-31(36)16-25)20-35-18-23(17-33)19-35;2*1-2/h11-16,21-23,28H,5-10,17-20H2,1-4H3;2*1-2H3. The van der Waals surface area contributed by atoms with Gasteiger partial charge in [0.05, 0.1) is 19.5 Å². The first kappa shape index (κ1) is 32.8. The summed E-state index contributed by atoms with van der Waals surface area (Å²) in [6, 6.07) is 11.2. The van der Waals surface area contributed by atoms with Crippen LogP contribution >= 0.6 is 0 Å². The first-order valence-corrected chi connectivity index (χ1v) is 16.2. The van der Waals surface area contributed by atoms with Crippen LogP contribution in [0.5, 0.6) is 5.75 Å². The Balaban J connectivity index is 0.00000111. The van der Waals surface area contributed by atoms with E-state index in [1.165, 1.54) is 47.9 Å². The van der Waals surface area contributed by atoms with E-state index in [1.54, 1.807) is 12.7 Å². The Bertz CT molecular complexity index is 1250. The number of allylic oxidation sites excluding steroid dienone is 1. The zero-order valence-electron chi connectivity index (χ0n) is 27.0. The fourth-order valence-electron chi connectivity index (χ4n) is 6.36. The maximum absolute atomic E-state index is 12.9. The molecule has 1 aromatic carbocycles. The zero-order chi connectivity index (χ0) is 29.9. The Hall–Kier alpha value is -2.66. The van der Waals surface area contributed by atoms with Gasteiger partial charge in [-0.1, -0.05) is 72.9 Å². The van der Waals surface area contributed by atoms with Crippen LogP contribution in [0.2, 0.25) is 0 Å². The molecule has 0 spiro atoms. The number of hydrogen-bond acceptors (Lipinski definition) is 3. The van der Waals surface area contributed by atoms with Gasteiger partial charge in [0, 0.05) is 37.9 Å². The van der Waals surface area contributed by atoms with Crippen molar-refractivity contribution >= 4 is 11.2 Å². The molecule has 0 N–H and O–H groups in total. The SMILES string of the molecule is CC.CC.CCCCC(C1=C(c2ccn3cc(CN4CC(CF)C4)nc3c2)c2ccc(OC)cc2CCC1)C(C)C. The molecule has 5 rings (SSSR count). The summed E-state index contributed by atoms with van der Waals surface area (Å²) in [6.07, 6.45) is 11.4. The summed E-state index contributed by atoms with van der Waals surface area (Å²) in [4.78, 5) is 7.27. The Kier molecular flexibility index (Phi) is 12.9. The second-order valence-electron chi connectivity index (χ2n) is 11.4. The number of nitrogens with zero attached hydrogens (tertiary/aromatic N) is 3. The van der Waals surface area contributed by atoms with Crippen LogP contribution in [0.3, 0.4) is 0 Å². The first-order valence-electron chi connectivity index (χ1n) is 16.2. The van der Waals surface area contributed by atoms with Gasteiger partial charge in [-0.3, -0.25) is 9.29 Å². The van der Waals surface area contributed by atoms with Crippen LogP contribution in [0, 0.1) is 17.8 Å². The van der Waals surface area contributed by atoms with Crippen LogP contribution in [0.4, 0.5) is 4.39 Å². The number of hydrogen-bond donors (Lipinski definition) is 0. The van der Waals surface area contributed by atoms with E-state index < -0.39 is 0 Å². The maximum atomic E-state index is 12.9. The molecule has 1 aliphatic carbocycles. The molecule has 2 aliphatic rings. The highest BCUT2D eigenvalue weighted by Crippen LogP contribution is 2.42. The average Bonchev–Trinajstić information content (AvgIpc) is 3.29. The summed E-state index contributed by atoms with van der Waals surface area (Å²) < 4.78 is 20.6. The third-order valence-corrected chi connectivity index (χ3v) is 8.35. The molecule has 0 radical (unpaired) electrons. The summed E-state index contributed by atoms with van der Waals surface area (Å²) in [5.41, 5.74) is 9.05. The second-order valence-corrected chi connectivity index (χ2v) is 11.4. The minimum Gasteiger partial charge on any atom is -0.497 e. The molecule has 1 atom stereocenters. The van der Waals surface area contributed by atoms with E-state index in [1.807, 2.05) is 27.7 Å². The van der Waals surface area contributed by atoms with Crippen LogP contribution in [-0.2, 0) is 13.0 Å². The lowest BCUT2D eigenvalue weighted by molar-refractivity contribution is 0.0727. The van der Waals surface area contributed by atoms with Crippen molar-refractivity contribution in [3.05, 3.63) is 70.7 Å². The number of rotatable bonds is 10. The molecule has 5 heteroatoms. The number of aryl methyl sites for hydroxylation is 1. The van der Waals surface area contributed by atoms with E-state index >= 15 is 0 Å². The maximum Gasteiger partial charge on any atom is 0.137 e. The number of imidazole rings is 1. The van der Waals surface area contributed by atoms with Crippen molar-refractivity contribution in [2.45, 2.75) is 93.5 Å². The third kappa shape index (κ3) is 7.80. The number of likely N-dealkylation sites (tertiary alicyclic amines) is 1. The number of unbranched alkanes of at least 4 members (excludes halogenated alkanes) is 1. The molecule has 1 saturated heterocycles. The van der Waals surface area contributed by atoms with Gasteiger partial charge in [0.15, 0.2) is 0 Å². The summed E-state index contributed by atoms with van der Waals surface area (Å²) in [5.74, 6) is 2.30. The lowest BCUT2D eigenvalue weighted by Crippen LogP contribution is -2.46. The van der Waals surface area contributed by atoms with E-state index in [-0.39, 0.29) is 12.6 Å². The third-order valence-electron chi connectivity index (χ3n) is 8.35. The predicted octanol–water partition coefficient (Wildman–Crippen LogP) is 9.40. The fraction of sp³-hybridized carbons (Fsp3) is 0.583. The van der Waals surface area contributed by atoms with Crippen molar-refractivity contribution in [1.82, 2.24) is 14.3 Å². The number of fused-ring (bicyclic) bond motifs is 2. The second kappa shape index (κ2) is 16.1. The van der Waals surface area contributed by atoms with Gasteiger partial charge in [-0.15, -0.1) is 0 Å². The highest BCUT2D eigenvalue weighted by atomic mass is 19.1. The molecule has 0 bridgehead atoms. The molecule has 4 nitrogen and oxygen atoms in total. The zero-order valence-corrected chi connectivity index (χ0v) is 27.0. The van der Waals surface area contributed by atoms with Crippen molar-refractivity contribution in [3.63, 3.8) is 0 Å². The summed E-state index contributed by atoms with van der Waals surface area (Å²) >= 11 is 0. The van der Waals surface area contributed by atoms with E-state index in [0.29, 0.717) is 11.8 Å². The number of aromatic nitrogens is 2. The number of ether oxygens (including phenoxy) is 1. The smallest absolute Gasteiger partial charge is 0.137 e. The number of benzene rings is 1. The van der Waals surface area contributed by atoms with Crippen LogP contribution < -0.4 is 4.74 Å². The monoisotopic (exact) mass is 563 g/mol. The molecule has 2 aromatic heterocycles. The Morgan fingerprint density at radius 2 is 1.80 bits per heavy atom. The largest absolute Gasteiger partial charge is 0.497 e. The normalized spacial score (nSPS) is 16.2. The van der Waals surface area contributed by atoms with Crippen molar-refractivity contribution < 1.29 is 9.13 Å². The first-order chi connectivity index (χ1) is 20.0. The highest BCUT2D eigenvalue weighted by molar-refractivity contribution is 5.85. The number of halogens is 1. The van der Waals surface area contributed by atoms with Gasteiger partial charge in [-0.25, -0.2) is 4.98 Å². The number of alkyl halides is 1. The van der Waals surface area contributed by atoms with E-state index in [9.17, 15) is 4.39 Å². The lowest BCUT2D eigenvalue weighted by atomic mass is 9.78. The summed E-state index contributed by atoms with van der Waals surface area (Å²) in [7, 11) is 1.75. The molecular formula is C36H54FN3O. The van der Waals surface area contributed by atoms with Crippen LogP contribution in [-0.4, -0.2) is 41.2 Å².